The van der Waals surface area contributed by atoms with Crippen molar-refractivity contribution in [2.45, 2.75) is 32.4 Å². The van der Waals surface area contributed by atoms with Gasteiger partial charge in [-0.05, 0) is 82.9 Å². The molecule has 7 heteroatoms. The number of Topliss-reactive ketones (excluding diaryl/α,β-unsaturated/α-hetero) is 1. The molecule has 0 aromatic heterocycles. The first-order chi connectivity index (χ1) is 16.1. The van der Waals surface area contributed by atoms with E-state index in [1.165, 1.54) is 0 Å². The lowest BCUT2D eigenvalue weighted by atomic mass is 9.95. The Balaban J connectivity index is 2.04. The summed E-state index contributed by atoms with van der Waals surface area (Å²) in [4.78, 5) is 31.8. The van der Waals surface area contributed by atoms with E-state index in [1.807, 2.05) is 76.1 Å². The Morgan fingerprint density at radius 2 is 1.62 bits per heavy atom. The Hall–Kier alpha value is -3.32. The van der Waals surface area contributed by atoms with E-state index in [4.69, 9.17) is 4.74 Å². The normalized spacial score (nSPS) is 17.6. The molecule has 1 fully saturated rings. The molecule has 1 heterocycles. The van der Waals surface area contributed by atoms with Crippen LogP contribution in [0, 0.1) is 0 Å². The zero-order valence-electron chi connectivity index (χ0n) is 20.9. The van der Waals surface area contributed by atoms with Crippen molar-refractivity contribution in [1.29, 1.82) is 0 Å². The zero-order valence-corrected chi connectivity index (χ0v) is 20.9. The Morgan fingerprint density at radius 3 is 2.15 bits per heavy atom. The number of likely N-dealkylation sites (tertiary alicyclic amines) is 1. The van der Waals surface area contributed by atoms with Crippen LogP contribution in [-0.2, 0) is 9.59 Å². The predicted molar refractivity (Wildman–Crippen MR) is 135 cm³/mol. The lowest BCUT2D eigenvalue weighted by Crippen LogP contribution is -2.32. The van der Waals surface area contributed by atoms with Crippen LogP contribution in [0.15, 0.2) is 54.1 Å². The number of anilines is 1. The van der Waals surface area contributed by atoms with E-state index >= 15 is 0 Å². The second-order valence-corrected chi connectivity index (χ2v) is 9.33. The number of aliphatic hydroxyl groups excluding tert-OH is 1. The second kappa shape index (κ2) is 10.7. The summed E-state index contributed by atoms with van der Waals surface area (Å²) in [6.07, 6.45) is 0.741. The number of ketones is 1. The first-order valence-corrected chi connectivity index (χ1v) is 11.6. The molecule has 1 N–H and O–H groups in total. The summed E-state index contributed by atoms with van der Waals surface area (Å²) in [5, 5.41) is 11.2. The molecule has 0 aliphatic carbocycles. The molecule has 3 rings (SSSR count). The van der Waals surface area contributed by atoms with Gasteiger partial charge in [0.25, 0.3) is 11.7 Å². The third-order valence-corrected chi connectivity index (χ3v) is 5.77. The van der Waals surface area contributed by atoms with Gasteiger partial charge in [0, 0.05) is 31.9 Å². The number of amides is 1. The molecule has 0 saturated carbocycles. The number of ether oxygens (including phenoxy) is 1. The minimum Gasteiger partial charge on any atom is -0.507 e. The summed E-state index contributed by atoms with van der Waals surface area (Å²) in [5.74, 6) is -0.744. The molecule has 1 atom stereocenters. The smallest absolute Gasteiger partial charge is 0.295 e. The molecular weight excluding hydrogens is 430 g/mol. The highest BCUT2D eigenvalue weighted by Gasteiger charge is 2.45. The van der Waals surface area contributed by atoms with Crippen LogP contribution in [-0.4, -0.2) is 74.0 Å². The maximum atomic E-state index is 13.1. The number of benzene rings is 2. The highest BCUT2D eigenvalue weighted by Crippen LogP contribution is 2.40. The summed E-state index contributed by atoms with van der Waals surface area (Å²) in [6, 6.07) is 14.0. The molecule has 1 aliphatic heterocycles. The van der Waals surface area contributed by atoms with Crippen LogP contribution in [0.5, 0.6) is 5.75 Å². The van der Waals surface area contributed by atoms with Crippen LogP contribution < -0.4 is 9.64 Å². The highest BCUT2D eigenvalue weighted by molar-refractivity contribution is 6.46. The Bertz CT molecular complexity index is 1040. The van der Waals surface area contributed by atoms with Crippen LogP contribution in [0.1, 0.15) is 37.4 Å². The Morgan fingerprint density at radius 1 is 1.00 bits per heavy atom. The van der Waals surface area contributed by atoms with Crippen LogP contribution in [0.25, 0.3) is 5.76 Å². The number of hydrogen-bond acceptors (Lipinski definition) is 6. The minimum absolute atomic E-state index is 0.0251. The first kappa shape index (κ1) is 25.3. The molecule has 1 saturated heterocycles. The van der Waals surface area contributed by atoms with Crippen molar-refractivity contribution in [3.05, 3.63) is 65.2 Å². The van der Waals surface area contributed by atoms with Crippen LogP contribution in [0.2, 0.25) is 0 Å². The minimum atomic E-state index is -0.661. The van der Waals surface area contributed by atoms with Crippen molar-refractivity contribution in [1.82, 2.24) is 9.80 Å². The number of carbonyl (C=O) groups excluding carboxylic acids is 2. The van der Waals surface area contributed by atoms with Gasteiger partial charge >= 0.3 is 0 Å². The van der Waals surface area contributed by atoms with Crippen molar-refractivity contribution in [2.75, 3.05) is 46.2 Å². The number of rotatable bonds is 9. The second-order valence-electron chi connectivity index (χ2n) is 9.33. The van der Waals surface area contributed by atoms with E-state index in [2.05, 4.69) is 0 Å². The van der Waals surface area contributed by atoms with Crippen LogP contribution in [0.3, 0.4) is 0 Å². The molecule has 34 heavy (non-hydrogen) atoms. The fourth-order valence-corrected chi connectivity index (χ4v) is 4.09. The van der Waals surface area contributed by atoms with Gasteiger partial charge in [-0.1, -0.05) is 12.1 Å². The van der Waals surface area contributed by atoms with E-state index < -0.39 is 17.7 Å². The lowest BCUT2D eigenvalue weighted by Gasteiger charge is -2.26. The van der Waals surface area contributed by atoms with Crippen molar-refractivity contribution in [3.63, 3.8) is 0 Å². The molecule has 2 aromatic carbocycles. The number of carbonyl (C=O) groups is 2. The summed E-state index contributed by atoms with van der Waals surface area (Å²) >= 11 is 0. The maximum absolute atomic E-state index is 13.1. The molecule has 1 amide bonds. The highest BCUT2D eigenvalue weighted by atomic mass is 16.5. The zero-order chi connectivity index (χ0) is 25.0. The molecule has 7 nitrogen and oxygen atoms in total. The van der Waals surface area contributed by atoms with Crippen molar-refractivity contribution < 1.29 is 19.4 Å². The van der Waals surface area contributed by atoms with Crippen molar-refractivity contribution >= 4 is 23.1 Å². The van der Waals surface area contributed by atoms with Gasteiger partial charge in [-0.15, -0.1) is 0 Å². The SMILES string of the molecule is CC(C)Oc1ccc(/C(O)=C2/C(=O)C(=O)N(CCCN(C)C)C2c2ccc(N(C)C)cc2)cc1. The van der Waals surface area contributed by atoms with Gasteiger partial charge in [0.05, 0.1) is 17.7 Å². The average molecular weight is 466 g/mol. The lowest BCUT2D eigenvalue weighted by molar-refractivity contribution is -0.139. The summed E-state index contributed by atoms with van der Waals surface area (Å²) in [6.45, 7) is 5.08. The summed E-state index contributed by atoms with van der Waals surface area (Å²) in [7, 11) is 7.85. The molecule has 2 aromatic rings. The van der Waals surface area contributed by atoms with Gasteiger partial charge in [-0.2, -0.15) is 0 Å². The van der Waals surface area contributed by atoms with E-state index in [-0.39, 0.29) is 17.4 Å². The largest absolute Gasteiger partial charge is 0.507 e. The van der Waals surface area contributed by atoms with E-state index in [0.717, 1.165) is 17.8 Å². The third kappa shape index (κ3) is 5.59. The topological polar surface area (TPSA) is 73.3 Å². The van der Waals surface area contributed by atoms with E-state index in [9.17, 15) is 14.7 Å². The van der Waals surface area contributed by atoms with Crippen LogP contribution >= 0.6 is 0 Å². The quantitative estimate of drug-likeness (QED) is 0.344. The molecule has 182 valence electrons. The van der Waals surface area contributed by atoms with Crippen molar-refractivity contribution in [2.24, 2.45) is 0 Å². The molecule has 1 aliphatic rings. The predicted octanol–water partition coefficient (Wildman–Crippen LogP) is 3.91. The Labute approximate surface area is 202 Å². The van der Waals surface area contributed by atoms with Gasteiger partial charge in [-0.3, -0.25) is 9.59 Å². The Kier molecular flexibility index (Phi) is 7.99. The van der Waals surface area contributed by atoms with E-state index in [1.54, 1.807) is 29.2 Å². The van der Waals surface area contributed by atoms with Crippen LogP contribution in [0.4, 0.5) is 5.69 Å². The average Bonchev–Trinajstić information content (AvgIpc) is 3.03. The molecule has 1 unspecified atom stereocenters. The van der Waals surface area contributed by atoms with Gasteiger partial charge in [0.15, 0.2) is 0 Å². The molecule has 0 bridgehead atoms. The fraction of sp³-hybridized carbons (Fsp3) is 0.407. The van der Waals surface area contributed by atoms with Gasteiger partial charge in [0.2, 0.25) is 0 Å². The maximum Gasteiger partial charge on any atom is 0.295 e. The number of hydrogen-bond donors (Lipinski definition) is 1. The third-order valence-electron chi connectivity index (χ3n) is 5.77. The summed E-state index contributed by atoms with van der Waals surface area (Å²) in [5.41, 5.74) is 2.38. The van der Waals surface area contributed by atoms with Gasteiger partial charge in [0.1, 0.15) is 11.5 Å². The van der Waals surface area contributed by atoms with E-state index in [0.29, 0.717) is 24.3 Å². The monoisotopic (exact) mass is 465 g/mol. The fourth-order valence-electron chi connectivity index (χ4n) is 4.09. The number of aliphatic hydroxyl groups is 1. The first-order valence-electron chi connectivity index (χ1n) is 11.6. The van der Waals surface area contributed by atoms with Gasteiger partial charge < -0.3 is 24.5 Å². The van der Waals surface area contributed by atoms with Crippen molar-refractivity contribution in [3.8, 4) is 5.75 Å². The number of nitrogens with zero attached hydrogens (tertiary/aromatic N) is 3. The standard InChI is InChI=1S/C27H35N3O4/c1-18(2)34-22-14-10-20(11-15-22)25(31)23-24(19-8-12-21(13-9-19)29(5)6)30(27(33)26(23)32)17-7-16-28(3)4/h8-15,18,24,31H,7,16-17H2,1-6H3/b25-23-. The molecular formula is C27H35N3O4. The summed E-state index contributed by atoms with van der Waals surface area (Å²) < 4.78 is 5.68. The van der Waals surface area contributed by atoms with Gasteiger partial charge in [-0.25, -0.2) is 0 Å². The molecule has 0 spiro atoms. The molecule has 0 radical (unpaired) electrons.